The molecule has 2 heterocycles. The molecular formula is C20H20FN3O4. The van der Waals surface area contributed by atoms with Gasteiger partial charge in [0.15, 0.2) is 11.4 Å². The molecule has 0 fully saturated rings. The summed E-state index contributed by atoms with van der Waals surface area (Å²) < 4.78 is 19.5. The van der Waals surface area contributed by atoms with Gasteiger partial charge in [-0.2, -0.15) is 0 Å². The van der Waals surface area contributed by atoms with Crippen LogP contribution in [-0.4, -0.2) is 45.1 Å². The minimum atomic E-state index is -0.584. The Morgan fingerprint density at radius 3 is 2.71 bits per heavy atom. The van der Waals surface area contributed by atoms with E-state index >= 15 is 0 Å². The van der Waals surface area contributed by atoms with Crippen LogP contribution >= 0.6 is 0 Å². The third-order valence-electron chi connectivity index (χ3n) is 4.41. The summed E-state index contributed by atoms with van der Waals surface area (Å²) >= 11 is 0. The quantitative estimate of drug-likeness (QED) is 0.703. The molecule has 3 rings (SSSR count). The lowest BCUT2D eigenvalue weighted by Crippen LogP contribution is -2.43. The second-order valence-corrected chi connectivity index (χ2v) is 6.43. The van der Waals surface area contributed by atoms with Crippen molar-refractivity contribution >= 4 is 11.6 Å². The molecule has 146 valence electrons. The molecule has 0 aliphatic heterocycles. The summed E-state index contributed by atoms with van der Waals surface area (Å²) in [4.78, 5) is 31.5. The normalized spacial score (nSPS) is 12.1. The van der Waals surface area contributed by atoms with Gasteiger partial charge in [-0.1, -0.05) is 12.1 Å². The number of ether oxygens (including phenoxy) is 1. The van der Waals surface area contributed by atoms with Crippen LogP contribution in [0.15, 0.2) is 53.6 Å². The molecular weight excluding hydrogens is 365 g/mol. The molecule has 0 aliphatic rings. The van der Waals surface area contributed by atoms with Crippen LogP contribution in [0, 0.1) is 5.82 Å². The van der Waals surface area contributed by atoms with Crippen LogP contribution < -0.4 is 5.56 Å². The maximum Gasteiger partial charge on any atom is 0.270 e. The number of amides is 1. The van der Waals surface area contributed by atoms with Gasteiger partial charge in [-0.15, -0.1) is 0 Å². The zero-order valence-corrected chi connectivity index (χ0v) is 15.5. The molecule has 0 radical (unpaired) electrons. The lowest BCUT2D eigenvalue weighted by atomic mass is 10.1. The Morgan fingerprint density at radius 2 is 2.04 bits per heavy atom. The highest BCUT2D eigenvalue weighted by atomic mass is 19.1. The van der Waals surface area contributed by atoms with Crippen LogP contribution in [0.25, 0.3) is 5.65 Å². The van der Waals surface area contributed by atoms with Gasteiger partial charge in [-0.25, -0.2) is 9.37 Å². The fourth-order valence-corrected chi connectivity index (χ4v) is 2.94. The lowest BCUT2D eigenvalue weighted by Gasteiger charge is -2.29. The van der Waals surface area contributed by atoms with E-state index in [-0.39, 0.29) is 42.0 Å². The van der Waals surface area contributed by atoms with Gasteiger partial charge in [-0.05, 0) is 36.8 Å². The average molecular weight is 385 g/mol. The van der Waals surface area contributed by atoms with Crippen molar-refractivity contribution in [1.29, 1.82) is 0 Å². The Hall–Kier alpha value is -3.26. The van der Waals surface area contributed by atoms with Gasteiger partial charge in [0.2, 0.25) is 0 Å². The number of nitrogens with zero attached hydrogens (tertiary/aromatic N) is 3. The van der Waals surface area contributed by atoms with Crippen LogP contribution in [0.4, 0.5) is 4.39 Å². The van der Waals surface area contributed by atoms with E-state index in [1.165, 1.54) is 42.5 Å². The summed E-state index contributed by atoms with van der Waals surface area (Å²) in [6.45, 7) is 2.23. The van der Waals surface area contributed by atoms with E-state index in [9.17, 15) is 19.1 Å². The summed E-state index contributed by atoms with van der Waals surface area (Å²) in [5.41, 5.74) is 0.0658. The molecule has 0 spiro atoms. The third-order valence-corrected chi connectivity index (χ3v) is 4.41. The highest BCUT2D eigenvalue weighted by Crippen LogP contribution is 2.16. The van der Waals surface area contributed by atoms with Gasteiger partial charge in [0.25, 0.3) is 11.5 Å². The van der Waals surface area contributed by atoms with Gasteiger partial charge in [-0.3, -0.25) is 14.0 Å². The Kier molecular flexibility index (Phi) is 5.70. The van der Waals surface area contributed by atoms with Crippen LogP contribution in [-0.2, 0) is 11.3 Å². The van der Waals surface area contributed by atoms with Gasteiger partial charge < -0.3 is 14.7 Å². The highest BCUT2D eigenvalue weighted by Gasteiger charge is 2.25. The second kappa shape index (κ2) is 8.18. The molecule has 0 unspecified atom stereocenters. The van der Waals surface area contributed by atoms with E-state index < -0.39 is 11.5 Å². The van der Waals surface area contributed by atoms with Crippen molar-refractivity contribution in [2.45, 2.75) is 19.5 Å². The number of carbonyl (C=O) groups excluding carboxylic acids is 1. The van der Waals surface area contributed by atoms with Crippen molar-refractivity contribution in [3.8, 4) is 5.75 Å². The minimum absolute atomic E-state index is 0.0686. The number of methoxy groups -OCH3 is 1. The van der Waals surface area contributed by atoms with Crippen LogP contribution in [0.3, 0.4) is 0 Å². The monoisotopic (exact) mass is 385 g/mol. The highest BCUT2D eigenvalue weighted by molar-refractivity contribution is 5.94. The van der Waals surface area contributed by atoms with Gasteiger partial charge in [0.05, 0.1) is 12.6 Å². The minimum Gasteiger partial charge on any atom is -0.504 e. The SMILES string of the molecule is COC[C@H](C)N(Cc1ccc(F)cc1)C(=O)c1cnc2c(O)cccn2c1=O. The number of pyridine rings is 1. The molecule has 3 aromatic rings. The topological polar surface area (TPSA) is 84.1 Å². The molecule has 0 saturated carbocycles. The summed E-state index contributed by atoms with van der Waals surface area (Å²) in [6, 6.07) is 8.35. The van der Waals surface area contributed by atoms with Gasteiger partial charge in [0, 0.05) is 26.0 Å². The van der Waals surface area contributed by atoms with Crippen molar-refractivity contribution in [1.82, 2.24) is 14.3 Å². The number of benzene rings is 1. The Labute approximate surface area is 160 Å². The zero-order valence-electron chi connectivity index (χ0n) is 15.5. The van der Waals surface area contributed by atoms with Crippen molar-refractivity contribution < 1.29 is 19.0 Å². The fourth-order valence-electron chi connectivity index (χ4n) is 2.94. The Bertz CT molecular complexity index is 1050. The molecule has 8 heteroatoms. The second-order valence-electron chi connectivity index (χ2n) is 6.43. The number of rotatable bonds is 6. The molecule has 1 N–H and O–H groups in total. The number of fused-ring (bicyclic) bond motifs is 1. The molecule has 1 aromatic carbocycles. The molecule has 2 aromatic heterocycles. The van der Waals surface area contributed by atoms with E-state index in [2.05, 4.69) is 4.98 Å². The van der Waals surface area contributed by atoms with Gasteiger partial charge >= 0.3 is 0 Å². The smallest absolute Gasteiger partial charge is 0.270 e. The molecule has 0 bridgehead atoms. The maximum atomic E-state index is 13.2. The molecule has 0 aliphatic carbocycles. The van der Waals surface area contributed by atoms with Crippen molar-refractivity contribution in [3.63, 3.8) is 0 Å². The van der Waals surface area contributed by atoms with Crippen LogP contribution in [0.2, 0.25) is 0 Å². The number of carbonyl (C=O) groups is 1. The largest absolute Gasteiger partial charge is 0.504 e. The average Bonchev–Trinajstić information content (AvgIpc) is 2.68. The first-order chi connectivity index (χ1) is 13.4. The van der Waals surface area contributed by atoms with Crippen molar-refractivity contribution in [2.24, 2.45) is 0 Å². The number of halogens is 1. The van der Waals surface area contributed by atoms with E-state index in [0.717, 1.165) is 10.6 Å². The first-order valence-corrected chi connectivity index (χ1v) is 8.66. The van der Waals surface area contributed by atoms with E-state index in [1.54, 1.807) is 19.1 Å². The number of hydrogen-bond acceptors (Lipinski definition) is 5. The molecule has 7 nitrogen and oxygen atoms in total. The number of aromatic nitrogens is 2. The maximum absolute atomic E-state index is 13.2. The van der Waals surface area contributed by atoms with E-state index in [0.29, 0.717) is 5.56 Å². The summed E-state index contributed by atoms with van der Waals surface area (Å²) in [7, 11) is 1.52. The summed E-state index contributed by atoms with van der Waals surface area (Å²) in [5.74, 6) is -1.05. The standard InChI is InChI=1S/C20H20FN3O4/c1-13(12-28-2)24(11-14-5-7-15(21)8-6-14)20(27)16-10-22-18-17(25)4-3-9-23(18)19(16)26/h3-10,13,25H,11-12H2,1-2H3/t13-/m0/s1. The zero-order chi connectivity index (χ0) is 20.3. The molecule has 28 heavy (non-hydrogen) atoms. The first-order valence-electron chi connectivity index (χ1n) is 8.66. The van der Waals surface area contributed by atoms with E-state index in [4.69, 9.17) is 4.74 Å². The first kappa shape index (κ1) is 19.5. The number of hydrogen-bond donors (Lipinski definition) is 1. The number of aromatic hydroxyl groups is 1. The lowest BCUT2D eigenvalue weighted by molar-refractivity contribution is 0.0540. The predicted octanol–water partition coefficient (Wildman–Crippen LogP) is 2.22. The third kappa shape index (κ3) is 3.86. The predicted molar refractivity (Wildman–Crippen MR) is 101 cm³/mol. The van der Waals surface area contributed by atoms with Crippen molar-refractivity contribution in [3.05, 3.63) is 76.1 Å². The summed E-state index contributed by atoms with van der Waals surface area (Å²) in [6.07, 6.45) is 2.60. The van der Waals surface area contributed by atoms with Crippen LogP contribution in [0.1, 0.15) is 22.8 Å². The Balaban J connectivity index is 2.01. The fraction of sp³-hybridized carbons (Fsp3) is 0.250. The van der Waals surface area contributed by atoms with Crippen LogP contribution in [0.5, 0.6) is 5.75 Å². The molecule has 1 amide bonds. The summed E-state index contributed by atoms with van der Waals surface area (Å²) in [5, 5.41) is 9.85. The Morgan fingerprint density at radius 1 is 1.32 bits per heavy atom. The van der Waals surface area contributed by atoms with Gasteiger partial charge in [0.1, 0.15) is 11.4 Å². The molecule has 0 saturated heterocycles. The van der Waals surface area contributed by atoms with E-state index in [1.807, 2.05) is 0 Å². The molecule has 1 atom stereocenters. The van der Waals surface area contributed by atoms with Crippen molar-refractivity contribution in [2.75, 3.05) is 13.7 Å².